The van der Waals surface area contributed by atoms with Crippen molar-refractivity contribution in [3.63, 3.8) is 0 Å². The normalized spacial score (nSPS) is 10.4. The van der Waals surface area contributed by atoms with Crippen LogP contribution in [0.25, 0.3) is 0 Å². The Hall–Kier alpha value is -1.96. The van der Waals surface area contributed by atoms with Gasteiger partial charge in [-0.3, -0.25) is 0 Å². The van der Waals surface area contributed by atoms with Gasteiger partial charge >= 0.3 is 0 Å². The van der Waals surface area contributed by atoms with Gasteiger partial charge in [0.25, 0.3) is 0 Å². The third kappa shape index (κ3) is 3.04. The van der Waals surface area contributed by atoms with Crippen LogP contribution in [0.3, 0.4) is 0 Å². The molecular weight excluding hydrogens is 224 g/mol. The van der Waals surface area contributed by atoms with Crippen molar-refractivity contribution in [1.29, 1.82) is 0 Å². The van der Waals surface area contributed by atoms with Gasteiger partial charge in [0.2, 0.25) is 0 Å². The summed E-state index contributed by atoms with van der Waals surface area (Å²) in [6.45, 7) is 7.93. The standard InChI is InChI=1S/C16H17O2/c1-12(2)17-15-10-6-7-11-16(15)18-14-9-5-4-8-13(14)3/h4-12H,3H2,1-2H3. The van der Waals surface area contributed by atoms with E-state index >= 15 is 0 Å². The van der Waals surface area contributed by atoms with Gasteiger partial charge in [-0.1, -0.05) is 30.3 Å². The van der Waals surface area contributed by atoms with Crippen LogP contribution in [-0.2, 0) is 0 Å². The summed E-state index contributed by atoms with van der Waals surface area (Å²) in [5.74, 6) is 2.20. The highest BCUT2D eigenvalue weighted by molar-refractivity contribution is 5.45. The molecule has 18 heavy (non-hydrogen) atoms. The van der Waals surface area contributed by atoms with Gasteiger partial charge in [-0.2, -0.15) is 0 Å². The first kappa shape index (κ1) is 12.5. The second-order valence-electron chi connectivity index (χ2n) is 4.32. The summed E-state index contributed by atoms with van der Waals surface area (Å²) in [4.78, 5) is 0. The van der Waals surface area contributed by atoms with Crippen LogP contribution in [0.15, 0.2) is 48.5 Å². The molecule has 2 aromatic rings. The zero-order valence-electron chi connectivity index (χ0n) is 10.7. The summed E-state index contributed by atoms with van der Waals surface area (Å²) in [5.41, 5.74) is 0.858. The number of ether oxygens (including phenoxy) is 2. The lowest BCUT2D eigenvalue weighted by molar-refractivity contribution is 0.233. The molecule has 0 aliphatic heterocycles. The van der Waals surface area contributed by atoms with Crippen LogP contribution in [0.1, 0.15) is 19.4 Å². The molecule has 1 radical (unpaired) electrons. The Morgan fingerprint density at radius 2 is 1.39 bits per heavy atom. The Morgan fingerprint density at radius 3 is 2.00 bits per heavy atom. The van der Waals surface area contributed by atoms with Gasteiger partial charge in [-0.15, -0.1) is 0 Å². The fraction of sp³-hybridized carbons (Fsp3) is 0.188. The van der Waals surface area contributed by atoms with Crippen molar-refractivity contribution in [2.75, 3.05) is 0 Å². The second kappa shape index (κ2) is 5.58. The van der Waals surface area contributed by atoms with Crippen molar-refractivity contribution in [3.8, 4) is 17.2 Å². The molecule has 0 aliphatic rings. The van der Waals surface area contributed by atoms with Gasteiger partial charge in [-0.05, 0) is 44.5 Å². The fourth-order valence-corrected chi connectivity index (χ4v) is 1.61. The molecule has 0 aliphatic carbocycles. The van der Waals surface area contributed by atoms with Crippen molar-refractivity contribution in [2.45, 2.75) is 20.0 Å². The van der Waals surface area contributed by atoms with E-state index in [0.29, 0.717) is 5.75 Å². The summed E-state index contributed by atoms with van der Waals surface area (Å²) in [6.07, 6.45) is 0.116. The molecule has 0 amide bonds. The summed E-state index contributed by atoms with van der Waals surface area (Å²) in [7, 11) is 0. The minimum Gasteiger partial charge on any atom is -0.487 e. The predicted molar refractivity (Wildman–Crippen MR) is 73.2 cm³/mol. The highest BCUT2D eigenvalue weighted by Gasteiger charge is 2.08. The molecule has 2 nitrogen and oxygen atoms in total. The number of hydrogen-bond acceptors (Lipinski definition) is 2. The van der Waals surface area contributed by atoms with Crippen molar-refractivity contribution in [3.05, 3.63) is 61.0 Å². The van der Waals surface area contributed by atoms with E-state index in [0.717, 1.165) is 17.1 Å². The molecule has 0 aromatic heterocycles. The summed E-state index contributed by atoms with van der Waals surface area (Å²) in [6, 6.07) is 15.3. The topological polar surface area (TPSA) is 18.5 Å². The van der Waals surface area contributed by atoms with Crippen LogP contribution >= 0.6 is 0 Å². The molecule has 0 bridgehead atoms. The number of para-hydroxylation sites is 3. The van der Waals surface area contributed by atoms with Crippen LogP contribution in [-0.4, -0.2) is 6.10 Å². The molecule has 0 spiro atoms. The first-order valence-electron chi connectivity index (χ1n) is 6.01. The van der Waals surface area contributed by atoms with E-state index in [-0.39, 0.29) is 6.10 Å². The van der Waals surface area contributed by atoms with Gasteiger partial charge in [-0.25, -0.2) is 0 Å². The molecule has 0 atom stereocenters. The molecular formula is C16H17O2. The van der Waals surface area contributed by atoms with E-state index in [1.54, 1.807) is 0 Å². The van der Waals surface area contributed by atoms with Gasteiger partial charge in [0, 0.05) is 0 Å². The van der Waals surface area contributed by atoms with Gasteiger partial charge in [0.05, 0.1) is 6.10 Å². The number of hydrogen-bond donors (Lipinski definition) is 0. The lowest BCUT2D eigenvalue weighted by Gasteiger charge is -2.15. The zero-order chi connectivity index (χ0) is 13.0. The van der Waals surface area contributed by atoms with Crippen LogP contribution in [0.4, 0.5) is 0 Å². The SMILES string of the molecule is [CH2]c1ccccc1Oc1ccccc1OC(C)C. The van der Waals surface area contributed by atoms with Crippen LogP contribution < -0.4 is 9.47 Å². The Bertz CT molecular complexity index is 518. The second-order valence-corrected chi connectivity index (χ2v) is 4.32. The summed E-state index contributed by atoms with van der Waals surface area (Å²) in [5, 5.41) is 0. The van der Waals surface area contributed by atoms with E-state index in [9.17, 15) is 0 Å². The smallest absolute Gasteiger partial charge is 0.169 e. The lowest BCUT2D eigenvalue weighted by atomic mass is 10.2. The number of rotatable bonds is 4. The van der Waals surface area contributed by atoms with E-state index in [1.165, 1.54) is 0 Å². The van der Waals surface area contributed by atoms with E-state index in [1.807, 2.05) is 62.4 Å². The molecule has 2 rings (SSSR count). The van der Waals surface area contributed by atoms with Crippen molar-refractivity contribution < 1.29 is 9.47 Å². The maximum Gasteiger partial charge on any atom is 0.169 e. The third-order valence-electron chi connectivity index (χ3n) is 2.40. The summed E-state index contributed by atoms with van der Waals surface area (Å²) >= 11 is 0. The highest BCUT2D eigenvalue weighted by Crippen LogP contribution is 2.33. The van der Waals surface area contributed by atoms with Crippen LogP contribution in [0.5, 0.6) is 17.2 Å². The minimum absolute atomic E-state index is 0.116. The molecule has 0 unspecified atom stereocenters. The van der Waals surface area contributed by atoms with E-state index in [4.69, 9.17) is 9.47 Å². The molecule has 2 heteroatoms. The Kier molecular flexibility index (Phi) is 3.88. The Labute approximate surface area is 108 Å². The first-order valence-corrected chi connectivity index (χ1v) is 6.01. The fourth-order valence-electron chi connectivity index (χ4n) is 1.61. The largest absolute Gasteiger partial charge is 0.487 e. The lowest BCUT2D eigenvalue weighted by Crippen LogP contribution is -2.06. The van der Waals surface area contributed by atoms with Gasteiger partial charge in [0.15, 0.2) is 11.5 Å². The van der Waals surface area contributed by atoms with Gasteiger partial charge < -0.3 is 9.47 Å². The van der Waals surface area contributed by atoms with Crippen molar-refractivity contribution in [1.82, 2.24) is 0 Å². The number of benzene rings is 2. The van der Waals surface area contributed by atoms with Crippen molar-refractivity contribution >= 4 is 0 Å². The molecule has 93 valence electrons. The monoisotopic (exact) mass is 241 g/mol. The average molecular weight is 241 g/mol. The maximum absolute atomic E-state index is 5.85. The highest BCUT2D eigenvalue weighted by atomic mass is 16.5. The molecule has 0 N–H and O–H groups in total. The quantitative estimate of drug-likeness (QED) is 0.787. The minimum atomic E-state index is 0.116. The average Bonchev–Trinajstić information content (AvgIpc) is 2.34. The zero-order valence-corrected chi connectivity index (χ0v) is 10.7. The van der Waals surface area contributed by atoms with Crippen molar-refractivity contribution in [2.24, 2.45) is 0 Å². The summed E-state index contributed by atoms with van der Waals surface area (Å²) < 4.78 is 11.6. The molecule has 0 saturated carbocycles. The molecule has 0 heterocycles. The molecule has 2 aromatic carbocycles. The third-order valence-corrected chi connectivity index (χ3v) is 2.40. The molecule has 0 saturated heterocycles. The van der Waals surface area contributed by atoms with Crippen LogP contribution in [0, 0.1) is 6.92 Å². The van der Waals surface area contributed by atoms with Crippen LogP contribution in [0.2, 0.25) is 0 Å². The van der Waals surface area contributed by atoms with E-state index < -0.39 is 0 Å². The van der Waals surface area contributed by atoms with E-state index in [2.05, 4.69) is 6.92 Å². The van der Waals surface area contributed by atoms with Gasteiger partial charge in [0.1, 0.15) is 5.75 Å². The molecule has 0 fully saturated rings. The predicted octanol–water partition coefficient (Wildman–Crippen LogP) is 4.45. The Morgan fingerprint density at radius 1 is 0.833 bits per heavy atom. The first-order chi connectivity index (χ1) is 8.66. The maximum atomic E-state index is 5.85. The Balaban J connectivity index is 2.26.